The molecule has 4 nitrogen and oxygen atoms in total. The lowest BCUT2D eigenvalue weighted by atomic mass is 10.0. The Balaban J connectivity index is 1.96. The first-order valence-corrected chi connectivity index (χ1v) is 9.47. The Labute approximate surface area is 143 Å². The predicted octanol–water partition coefficient (Wildman–Crippen LogP) is 2.92. The lowest BCUT2D eigenvalue weighted by Gasteiger charge is -2.36. The van der Waals surface area contributed by atoms with E-state index in [4.69, 9.17) is 0 Å². The van der Waals surface area contributed by atoms with Crippen molar-refractivity contribution < 1.29 is 9.59 Å². The van der Waals surface area contributed by atoms with Crippen LogP contribution < -0.4 is 5.32 Å². The van der Waals surface area contributed by atoms with Crippen LogP contribution in [0.3, 0.4) is 0 Å². The van der Waals surface area contributed by atoms with Crippen molar-refractivity contribution in [2.24, 2.45) is 0 Å². The second-order valence-electron chi connectivity index (χ2n) is 5.94. The van der Waals surface area contributed by atoms with E-state index >= 15 is 0 Å². The van der Waals surface area contributed by atoms with E-state index in [1.165, 1.54) is 11.1 Å². The fourth-order valence-electron chi connectivity index (χ4n) is 2.68. The van der Waals surface area contributed by atoms with E-state index in [-0.39, 0.29) is 24.3 Å². The van der Waals surface area contributed by atoms with Gasteiger partial charge in [0.2, 0.25) is 11.8 Å². The fourth-order valence-corrected chi connectivity index (χ4v) is 3.77. The van der Waals surface area contributed by atoms with E-state index in [2.05, 4.69) is 36.5 Å². The Morgan fingerprint density at radius 3 is 2.70 bits per heavy atom. The van der Waals surface area contributed by atoms with Gasteiger partial charge in [-0.25, -0.2) is 0 Å². The van der Waals surface area contributed by atoms with Crippen LogP contribution in [0.15, 0.2) is 24.3 Å². The first-order chi connectivity index (χ1) is 11.1. The normalized spacial score (nSPS) is 17.8. The SMILES string of the molecule is CCCNC(=O)CCC(=O)N1CCSC[C@@H]1c1ccc(C)cc1. The topological polar surface area (TPSA) is 49.4 Å². The van der Waals surface area contributed by atoms with E-state index in [1.54, 1.807) is 0 Å². The molecular weight excluding hydrogens is 308 g/mol. The zero-order chi connectivity index (χ0) is 16.7. The number of hydrogen-bond acceptors (Lipinski definition) is 3. The van der Waals surface area contributed by atoms with Crippen LogP contribution in [0, 0.1) is 6.92 Å². The molecule has 2 rings (SSSR count). The maximum Gasteiger partial charge on any atom is 0.223 e. The Hall–Kier alpha value is -1.49. The number of nitrogens with zero attached hydrogens (tertiary/aromatic N) is 1. The van der Waals surface area contributed by atoms with E-state index < -0.39 is 0 Å². The molecule has 0 bridgehead atoms. The molecule has 1 aromatic rings. The Morgan fingerprint density at radius 1 is 1.26 bits per heavy atom. The van der Waals surface area contributed by atoms with Gasteiger partial charge in [-0.15, -0.1) is 0 Å². The average molecular weight is 334 g/mol. The molecule has 126 valence electrons. The third-order valence-electron chi connectivity index (χ3n) is 4.05. The van der Waals surface area contributed by atoms with Gasteiger partial charge in [-0.1, -0.05) is 36.8 Å². The van der Waals surface area contributed by atoms with Gasteiger partial charge in [-0.05, 0) is 18.9 Å². The molecule has 1 aliphatic heterocycles. The summed E-state index contributed by atoms with van der Waals surface area (Å²) in [6.07, 6.45) is 1.49. The smallest absolute Gasteiger partial charge is 0.223 e. The summed E-state index contributed by atoms with van der Waals surface area (Å²) in [5.41, 5.74) is 2.41. The van der Waals surface area contributed by atoms with Gasteiger partial charge in [0.1, 0.15) is 0 Å². The Bertz CT molecular complexity index is 530. The van der Waals surface area contributed by atoms with Crippen molar-refractivity contribution in [3.8, 4) is 0 Å². The minimum Gasteiger partial charge on any atom is -0.356 e. The summed E-state index contributed by atoms with van der Waals surface area (Å²) in [4.78, 5) is 26.2. The van der Waals surface area contributed by atoms with E-state index in [1.807, 2.05) is 23.6 Å². The monoisotopic (exact) mass is 334 g/mol. The quantitative estimate of drug-likeness (QED) is 0.870. The number of carbonyl (C=O) groups excluding carboxylic acids is 2. The predicted molar refractivity (Wildman–Crippen MR) is 95.5 cm³/mol. The van der Waals surface area contributed by atoms with Gasteiger partial charge in [0, 0.05) is 37.4 Å². The number of amides is 2. The molecule has 2 amide bonds. The zero-order valence-corrected chi connectivity index (χ0v) is 14.8. The Kier molecular flexibility index (Phi) is 6.96. The molecule has 0 radical (unpaired) electrons. The first kappa shape index (κ1) is 17.9. The third kappa shape index (κ3) is 5.27. The molecule has 1 aromatic carbocycles. The number of aryl methyl sites for hydroxylation is 1. The van der Waals surface area contributed by atoms with Crippen molar-refractivity contribution >= 4 is 23.6 Å². The fraction of sp³-hybridized carbons (Fsp3) is 0.556. The summed E-state index contributed by atoms with van der Waals surface area (Å²) in [5.74, 6) is 1.95. The van der Waals surface area contributed by atoms with E-state index in [9.17, 15) is 9.59 Å². The summed E-state index contributed by atoms with van der Waals surface area (Å²) in [5, 5.41) is 2.83. The minimum absolute atomic E-state index is 0.0292. The Morgan fingerprint density at radius 2 is 2.00 bits per heavy atom. The lowest BCUT2D eigenvalue weighted by molar-refractivity contribution is -0.135. The molecule has 1 N–H and O–H groups in total. The summed E-state index contributed by atoms with van der Waals surface area (Å²) >= 11 is 1.89. The number of nitrogens with one attached hydrogen (secondary N) is 1. The average Bonchev–Trinajstić information content (AvgIpc) is 2.58. The molecule has 1 aliphatic rings. The summed E-state index contributed by atoms with van der Waals surface area (Å²) < 4.78 is 0. The van der Waals surface area contributed by atoms with Crippen molar-refractivity contribution in [3.63, 3.8) is 0 Å². The minimum atomic E-state index is -0.0292. The van der Waals surface area contributed by atoms with Gasteiger partial charge in [-0.2, -0.15) is 11.8 Å². The van der Waals surface area contributed by atoms with Gasteiger partial charge in [0.25, 0.3) is 0 Å². The highest BCUT2D eigenvalue weighted by Crippen LogP contribution is 2.30. The summed E-state index contributed by atoms with van der Waals surface area (Å²) in [7, 11) is 0. The van der Waals surface area contributed by atoms with Gasteiger partial charge in [0.05, 0.1) is 6.04 Å². The van der Waals surface area contributed by atoms with Crippen molar-refractivity contribution in [2.75, 3.05) is 24.6 Å². The molecule has 0 aliphatic carbocycles. The number of carbonyl (C=O) groups is 2. The van der Waals surface area contributed by atoms with Crippen molar-refractivity contribution in [3.05, 3.63) is 35.4 Å². The molecule has 0 spiro atoms. The molecule has 0 aromatic heterocycles. The molecular formula is C18H26N2O2S. The van der Waals surface area contributed by atoms with Crippen LogP contribution in [0.5, 0.6) is 0 Å². The van der Waals surface area contributed by atoms with Crippen molar-refractivity contribution in [2.45, 2.75) is 39.2 Å². The molecule has 1 atom stereocenters. The number of rotatable bonds is 6. The van der Waals surface area contributed by atoms with Gasteiger partial charge >= 0.3 is 0 Å². The number of benzene rings is 1. The molecule has 1 saturated heterocycles. The van der Waals surface area contributed by atoms with Crippen LogP contribution in [-0.2, 0) is 9.59 Å². The zero-order valence-electron chi connectivity index (χ0n) is 14.0. The molecule has 1 fully saturated rings. The molecule has 23 heavy (non-hydrogen) atoms. The van der Waals surface area contributed by atoms with Crippen LogP contribution >= 0.6 is 11.8 Å². The second kappa shape index (κ2) is 8.96. The molecule has 5 heteroatoms. The van der Waals surface area contributed by atoms with Crippen LogP contribution in [-0.4, -0.2) is 41.3 Å². The number of hydrogen-bond donors (Lipinski definition) is 1. The summed E-state index contributed by atoms with van der Waals surface area (Å²) in [6, 6.07) is 8.53. The van der Waals surface area contributed by atoms with Crippen molar-refractivity contribution in [1.82, 2.24) is 10.2 Å². The van der Waals surface area contributed by atoms with Gasteiger partial charge < -0.3 is 10.2 Å². The first-order valence-electron chi connectivity index (χ1n) is 8.32. The van der Waals surface area contributed by atoms with Crippen LogP contribution in [0.2, 0.25) is 0 Å². The van der Waals surface area contributed by atoms with E-state index in [0.717, 1.165) is 24.5 Å². The van der Waals surface area contributed by atoms with Crippen LogP contribution in [0.25, 0.3) is 0 Å². The van der Waals surface area contributed by atoms with Crippen LogP contribution in [0.4, 0.5) is 0 Å². The summed E-state index contributed by atoms with van der Waals surface area (Å²) in [6.45, 7) is 5.53. The maximum atomic E-state index is 12.6. The van der Waals surface area contributed by atoms with Crippen LogP contribution in [0.1, 0.15) is 43.4 Å². The largest absolute Gasteiger partial charge is 0.356 e. The standard InChI is InChI=1S/C18H26N2O2S/c1-3-10-19-17(21)8-9-18(22)20-11-12-23-13-16(20)15-6-4-14(2)5-7-15/h4-7,16H,3,8-13H2,1-2H3,(H,19,21)/t16-/m1/s1. The molecule has 1 heterocycles. The lowest BCUT2D eigenvalue weighted by Crippen LogP contribution is -2.41. The highest BCUT2D eigenvalue weighted by atomic mass is 32.2. The maximum absolute atomic E-state index is 12.6. The number of thioether (sulfide) groups is 1. The molecule has 0 unspecified atom stereocenters. The van der Waals surface area contributed by atoms with Gasteiger partial charge in [0.15, 0.2) is 0 Å². The highest BCUT2D eigenvalue weighted by Gasteiger charge is 2.28. The van der Waals surface area contributed by atoms with Gasteiger partial charge in [-0.3, -0.25) is 9.59 Å². The third-order valence-corrected chi connectivity index (χ3v) is 5.07. The van der Waals surface area contributed by atoms with E-state index in [0.29, 0.717) is 13.0 Å². The molecule has 0 saturated carbocycles. The van der Waals surface area contributed by atoms with Crippen molar-refractivity contribution in [1.29, 1.82) is 0 Å². The second-order valence-corrected chi connectivity index (χ2v) is 7.09. The highest BCUT2D eigenvalue weighted by molar-refractivity contribution is 7.99.